The molecular weight excluding hydrogens is 532 g/mol. The third-order valence-electron chi connectivity index (χ3n) is 8.24. The lowest BCUT2D eigenvalue weighted by Crippen LogP contribution is -2.34. The van der Waals surface area contributed by atoms with Crippen molar-refractivity contribution < 1.29 is 23.2 Å². The average molecular weight is 562 g/mol. The number of anilines is 2. The van der Waals surface area contributed by atoms with Gasteiger partial charge in [-0.1, -0.05) is 11.2 Å². The largest absolute Gasteiger partial charge is 0.395 e. The summed E-state index contributed by atoms with van der Waals surface area (Å²) in [5.74, 6) is 1.68. The van der Waals surface area contributed by atoms with E-state index in [2.05, 4.69) is 25.0 Å². The third kappa shape index (κ3) is 4.75. The molecule has 2 aliphatic heterocycles. The number of benzene rings is 2. The summed E-state index contributed by atoms with van der Waals surface area (Å²) in [5, 5.41) is 13.9. The molecule has 2 aromatic carbocycles. The Morgan fingerprint density at radius 3 is 2.56 bits per heavy atom. The van der Waals surface area contributed by atoms with E-state index in [4.69, 9.17) is 9.63 Å². The van der Waals surface area contributed by atoms with Gasteiger partial charge in [0.1, 0.15) is 23.8 Å². The molecule has 0 bridgehead atoms. The highest BCUT2D eigenvalue weighted by atomic mass is 19.1. The first kappa shape index (κ1) is 25.8. The molecule has 2 amide bonds. The van der Waals surface area contributed by atoms with Crippen LogP contribution in [0.25, 0.3) is 22.0 Å². The van der Waals surface area contributed by atoms with E-state index in [9.17, 15) is 4.79 Å². The Labute approximate surface area is 234 Å². The van der Waals surface area contributed by atoms with Crippen molar-refractivity contribution in [1.29, 1.82) is 0 Å². The van der Waals surface area contributed by atoms with Gasteiger partial charge in [-0.05, 0) is 55.5 Å². The van der Waals surface area contributed by atoms with Gasteiger partial charge >= 0.3 is 6.03 Å². The van der Waals surface area contributed by atoms with E-state index in [1.54, 1.807) is 6.07 Å². The van der Waals surface area contributed by atoms with E-state index in [1.165, 1.54) is 40.4 Å². The van der Waals surface area contributed by atoms with E-state index in [0.29, 0.717) is 59.9 Å². The van der Waals surface area contributed by atoms with Crippen LogP contribution in [0.5, 0.6) is 0 Å². The molecule has 1 N–H and O–H groups in total. The molecule has 212 valence electrons. The SMILES string of the molecule is O=C1N(CCO)CCN1c1ccc(-c2cc(F)cc3c(N4CCC(c5noc(C6CC6)n5)CC4)ncnc23)cc1F. The number of hydrogen-bond donors (Lipinski definition) is 1. The number of aromatic nitrogens is 4. The minimum atomic E-state index is -0.596. The van der Waals surface area contributed by atoms with Gasteiger partial charge < -0.3 is 19.4 Å². The highest BCUT2D eigenvalue weighted by molar-refractivity contribution is 6.00. The van der Waals surface area contributed by atoms with Gasteiger partial charge in [-0.2, -0.15) is 4.98 Å². The lowest BCUT2D eigenvalue weighted by Gasteiger charge is -2.32. The molecule has 1 saturated carbocycles. The third-order valence-corrected chi connectivity index (χ3v) is 8.24. The molecule has 7 rings (SSSR count). The minimum absolute atomic E-state index is 0.143. The Morgan fingerprint density at radius 1 is 0.976 bits per heavy atom. The lowest BCUT2D eigenvalue weighted by atomic mass is 9.95. The van der Waals surface area contributed by atoms with E-state index in [1.807, 2.05) is 0 Å². The number of β-amino-alcohol motifs (C(OH)–C–C–N with tert-alkyl or cyclic N) is 1. The highest BCUT2D eigenvalue weighted by Crippen LogP contribution is 2.40. The van der Waals surface area contributed by atoms with Crippen LogP contribution in [-0.4, -0.2) is 75.5 Å². The van der Waals surface area contributed by atoms with Crippen LogP contribution in [0.2, 0.25) is 0 Å². The number of halogens is 2. The fourth-order valence-electron chi connectivity index (χ4n) is 5.88. The summed E-state index contributed by atoms with van der Waals surface area (Å²) in [6, 6.07) is 6.91. The summed E-state index contributed by atoms with van der Waals surface area (Å²) in [4.78, 5) is 31.2. The summed E-state index contributed by atoms with van der Waals surface area (Å²) in [7, 11) is 0. The zero-order valence-corrected chi connectivity index (χ0v) is 22.3. The van der Waals surface area contributed by atoms with Gasteiger partial charge in [0.25, 0.3) is 0 Å². The number of carbonyl (C=O) groups excluding carboxylic acids is 1. The first-order chi connectivity index (χ1) is 20.0. The van der Waals surface area contributed by atoms with Crippen LogP contribution >= 0.6 is 0 Å². The molecular formula is C29H29F2N7O3. The van der Waals surface area contributed by atoms with Crippen LogP contribution in [0.1, 0.15) is 49.2 Å². The summed E-state index contributed by atoms with van der Waals surface area (Å²) >= 11 is 0. The predicted octanol–water partition coefficient (Wildman–Crippen LogP) is 4.45. The zero-order chi connectivity index (χ0) is 28.1. The number of carbonyl (C=O) groups is 1. The molecule has 0 unspecified atom stereocenters. The second-order valence-electron chi connectivity index (χ2n) is 10.9. The van der Waals surface area contributed by atoms with Crippen LogP contribution in [0.3, 0.4) is 0 Å². The molecule has 0 atom stereocenters. The van der Waals surface area contributed by atoms with Crippen molar-refractivity contribution in [1.82, 2.24) is 25.0 Å². The zero-order valence-electron chi connectivity index (χ0n) is 22.3. The molecule has 1 aliphatic carbocycles. The fraction of sp³-hybridized carbons (Fsp3) is 0.414. The standard InChI is InChI=1S/C29H29F2N7O3/c30-20-14-21(19-3-4-24(23(31)13-19)38-10-9-37(11-12-39)29(38)40)25-22(15-20)27(33-16-32-25)36-7-5-17(6-8-36)26-34-28(41-35-26)18-1-2-18/h3-4,13-18,39H,1-2,5-12H2. The van der Waals surface area contributed by atoms with Crippen LogP contribution < -0.4 is 9.80 Å². The molecule has 10 nitrogen and oxygen atoms in total. The normalized spacial score (nSPS) is 18.2. The molecule has 2 aromatic heterocycles. The molecule has 41 heavy (non-hydrogen) atoms. The Morgan fingerprint density at radius 2 is 1.80 bits per heavy atom. The van der Waals surface area contributed by atoms with Crippen molar-refractivity contribution in [3.05, 3.63) is 60.0 Å². The number of rotatable bonds is 7. The maximum atomic E-state index is 15.4. The predicted molar refractivity (Wildman–Crippen MR) is 147 cm³/mol. The number of aliphatic hydroxyl groups excluding tert-OH is 1. The maximum absolute atomic E-state index is 15.4. The molecule has 0 radical (unpaired) electrons. The molecule has 4 aromatic rings. The van der Waals surface area contributed by atoms with Crippen molar-refractivity contribution in [2.24, 2.45) is 0 Å². The Kier molecular flexibility index (Phi) is 6.49. The van der Waals surface area contributed by atoms with Gasteiger partial charge in [-0.15, -0.1) is 0 Å². The molecule has 4 heterocycles. The smallest absolute Gasteiger partial charge is 0.324 e. The Balaban J connectivity index is 1.15. The lowest BCUT2D eigenvalue weighted by molar-refractivity contribution is 0.199. The van der Waals surface area contributed by atoms with Crippen LogP contribution in [0.4, 0.5) is 25.1 Å². The van der Waals surface area contributed by atoms with E-state index < -0.39 is 11.6 Å². The van der Waals surface area contributed by atoms with Crippen molar-refractivity contribution in [2.75, 3.05) is 49.1 Å². The maximum Gasteiger partial charge on any atom is 0.324 e. The summed E-state index contributed by atoms with van der Waals surface area (Å²) < 4.78 is 35.8. The van der Waals surface area contributed by atoms with E-state index in [-0.39, 0.29) is 30.8 Å². The van der Waals surface area contributed by atoms with Gasteiger partial charge in [-0.3, -0.25) is 4.90 Å². The van der Waals surface area contributed by atoms with Gasteiger partial charge in [-0.25, -0.2) is 23.5 Å². The average Bonchev–Trinajstić information content (AvgIpc) is 3.61. The van der Waals surface area contributed by atoms with Gasteiger partial charge in [0, 0.05) is 55.5 Å². The van der Waals surface area contributed by atoms with E-state index in [0.717, 1.165) is 37.4 Å². The number of hydrogen-bond acceptors (Lipinski definition) is 8. The Hall–Kier alpha value is -4.19. The number of nitrogens with zero attached hydrogens (tertiary/aromatic N) is 7. The highest BCUT2D eigenvalue weighted by Gasteiger charge is 2.33. The molecule has 3 fully saturated rings. The first-order valence-electron chi connectivity index (χ1n) is 14.0. The number of piperidine rings is 1. The molecule has 0 spiro atoms. The van der Waals surface area contributed by atoms with Gasteiger partial charge in [0.05, 0.1) is 17.8 Å². The molecule has 12 heteroatoms. The quantitative estimate of drug-likeness (QED) is 0.352. The topological polar surface area (TPSA) is 112 Å². The number of amides is 2. The van der Waals surface area contributed by atoms with Crippen molar-refractivity contribution in [3.63, 3.8) is 0 Å². The molecule has 3 aliphatic rings. The summed E-state index contributed by atoms with van der Waals surface area (Å²) in [6.07, 6.45) is 5.30. The van der Waals surface area contributed by atoms with Crippen LogP contribution in [-0.2, 0) is 0 Å². The monoisotopic (exact) mass is 561 g/mol. The second-order valence-corrected chi connectivity index (χ2v) is 10.9. The van der Waals surface area contributed by atoms with Crippen molar-refractivity contribution in [3.8, 4) is 11.1 Å². The van der Waals surface area contributed by atoms with Crippen LogP contribution in [0.15, 0.2) is 41.2 Å². The van der Waals surface area contributed by atoms with E-state index >= 15 is 8.78 Å². The number of urea groups is 1. The fourth-order valence-corrected chi connectivity index (χ4v) is 5.88. The van der Waals surface area contributed by atoms with Crippen molar-refractivity contribution >= 4 is 28.4 Å². The molecule has 2 saturated heterocycles. The van der Waals surface area contributed by atoms with Gasteiger partial charge in [0.15, 0.2) is 5.82 Å². The number of aliphatic hydroxyl groups is 1. The first-order valence-corrected chi connectivity index (χ1v) is 14.0. The Bertz CT molecular complexity index is 1620. The minimum Gasteiger partial charge on any atom is -0.395 e. The number of fused-ring (bicyclic) bond motifs is 1. The van der Waals surface area contributed by atoms with Crippen LogP contribution in [0, 0.1) is 11.6 Å². The van der Waals surface area contributed by atoms with Crippen molar-refractivity contribution in [2.45, 2.75) is 37.5 Å². The summed E-state index contributed by atoms with van der Waals surface area (Å²) in [5.41, 5.74) is 1.55. The summed E-state index contributed by atoms with van der Waals surface area (Å²) in [6.45, 7) is 2.15. The van der Waals surface area contributed by atoms with Gasteiger partial charge in [0.2, 0.25) is 5.89 Å². The second kappa shape index (κ2) is 10.3.